The van der Waals surface area contributed by atoms with E-state index in [9.17, 15) is 4.79 Å². The van der Waals surface area contributed by atoms with Crippen molar-refractivity contribution in [2.45, 2.75) is 17.9 Å². The van der Waals surface area contributed by atoms with E-state index in [4.69, 9.17) is 38.7 Å². The molecule has 5 rings (SSSR count). The van der Waals surface area contributed by atoms with Crippen LogP contribution in [0.3, 0.4) is 0 Å². The number of piperazine rings is 1. The Morgan fingerprint density at radius 1 is 1.29 bits per heavy atom. The van der Waals surface area contributed by atoms with E-state index < -0.39 is 12.1 Å². The monoisotopic (exact) mass is 463 g/mol. The van der Waals surface area contributed by atoms with Crippen LogP contribution in [0.2, 0.25) is 5.02 Å². The molecule has 31 heavy (non-hydrogen) atoms. The molecule has 2 aromatic carbocycles. The van der Waals surface area contributed by atoms with Gasteiger partial charge in [0.05, 0.1) is 21.6 Å². The van der Waals surface area contributed by atoms with Gasteiger partial charge >= 0.3 is 0 Å². The first-order chi connectivity index (χ1) is 14.9. The van der Waals surface area contributed by atoms with Gasteiger partial charge in [0.15, 0.2) is 6.23 Å². The molecule has 0 radical (unpaired) electrons. The molecule has 3 atom stereocenters. The number of nitrogens with two attached hydrogens (primary N) is 1. The highest BCUT2D eigenvalue weighted by Gasteiger charge is 2.37. The number of aryl methyl sites for hydroxylation is 1. The Labute approximate surface area is 187 Å². The van der Waals surface area contributed by atoms with Gasteiger partial charge in [-0.25, -0.2) is 4.84 Å². The van der Waals surface area contributed by atoms with Crippen molar-refractivity contribution in [1.82, 2.24) is 25.9 Å². The summed E-state index contributed by atoms with van der Waals surface area (Å²) in [6, 6.07) is 10.7. The third-order valence-corrected chi connectivity index (χ3v) is 5.87. The van der Waals surface area contributed by atoms with Gasteiger partial charge in [-0.05, 0) is 12.1 Å². The molecule has 162 valence electrons. The number of hydrogen-bond acceptors (Lipinski definition) is 8. The van der Waals surface area contributed by atoms with Crippen molar-refractivity contribution in [3.8, 4) is 11.3 Å². The van der Waals surface area contributed by atoms with Crippen LogP contribution in [-0.2, 0) is 16.8 Å². The number of hydrogen-bond donors (Lipinski definition) is 4. The molecule has 0 spiro atoms. The maximum Gasteiger partial charge on any atom is 0.250 e. The lowest BCUT2D eigenvalue weighted by Crippen LogP contribution is -2.70. The maximum atomic E-state index is 11.9. The number of nitrogens with zero attached hydrogens (tertiary/aromatic N) is 3. The molecular formula is C19H19Cl2N7O3. The number of alkyl halides is 1. The number of halogens is 2. The lowest BCUT2D eigenvalue weighted by molar-refractivity contribution is -0.244. The summed E-state index contributed by atoms with van der Waals surface area (Å²) < 4.78 is 1.62. The number of carbonyl (C=O) groups excluding carboxylic acids is 1. The molecule has 3 unspecified atom stereocenters. The number of hydroxylamine groups is 1. The summed E-state index contributed by atoms with van der Waals surface area (Å²) in [5, 5.41) is 13.2. The molecule has 5 N–H and O–H groups in total. The van der Waals surface area contributed by atoms with Gasteiger partial charge in [-0.1, -0.05) is 35.9 Å². The predicted octanol–water partition coefficient (Wildman–Crippen LogP) is 1.59. The molecule has 1 amide bonds. The summed E-state index contributed by atoms with van der Waals surface area (Å²) in [6.45, 7) is 0.522. The van der Waals surface area contributed by atoms with Gasteiger partial charge in [0.2, 0.25) is 0 Å². The first-order valence-electron chi connectivity index (χ1n) is 9.51. The Balaban J connectivity index is 1.53. The number of fused-ring (bicyclic) bond motifs is 2. The number of primary amides is 1. The van der Waals surface area contributed by atoms with Crippen molar-refractivity contribution in [1.29, 1.82) is 0 Å². The molecule has 10 nitrogen and oxygen atoms in total. The SMILES string of the molecule is Cn1nc(-c2cccc(N3ONC4NC(Cl)CNC4O3)c2Cl)c2cccc(C(N)=O)c21. The number of amides is 1. The van der Waals surface area contributed by atoms with Crippen LogP contribution in [-0.4, -0.2) is 40.1 Å². The van der Waals surface area contributed by atoms with Gasteiger partial charge < -0.3 is 5.73 Å². The van der Waals surface area contributed by atoms with Gasteiger partial charge in [-0.2, -0.15) is 15.5 Å². The fraction of sp³-hybridized carbons (Fsp3) is 0.263. The minimum Gasteiger partial charge on any atom is -0.366 e. The molecule has 2 saturated heterocycles. The number of carbonyl (C=O) groups is 1. The summed E-state index contributed by atoms with van der Waals surface area (Å²) in [5.41, 5.74) is 10.9. The molecule has 2 aliphatic heterocycles. The Bertz CT molecular complexity index is 1170. The summed E-state index contributed by atoms with van der Waals surface area (Å²) in [5.74, 6) is -0.525. The van der Waals surface area contributed by atoms with E-state index in [2.05, 4.69) is 21.2 Å². The fourth-order valence-corrected chi connectivity index (χ4v) is 4.30. The standard InChI is InChI=1S/C19H19Cl2N7O3/c1-27-16-10(5-2-6-11(16)17(22)29)15(25-27)9-4-3-7-12(14(9)21)28-30-19-18(26-31-28)24-13(20)8-23-19/h2-7,13,18-19,23-24,26H,8H2,1H3,(H2,22,29). The Morgan fingerprint density at radius 2 is 2.10 bits per heavy atom. The summed E-state index contributed by atoms with van der Waals surface area (Å²) in [4.78, 5) is 23.3. The number of para-hydroxylation sites is 1. The van der Waals surface area contributed by atoms with E-state index >= 15 is 0 Å². The number of benzene rings is 2. The van der Waals surface area contributed by atoms with Crippen molar-refractivity contribution in [3.63, 3.8) is 0 Å². The largest absolute Gasteiger partial charge is 0.366 e. The van der Waals surface area contributed by atoms with Crippen LogP contribution in [0.1, 0.15) is 10.4 Å². The number of rotatable bonds is 3. The van der Waals surface area contributed by atoms with Crippen LogP contribution in [0.4, 0.5) is 5.69 Å². The van der Waals surface area contributed by atoms with E-state index in [1.165, 1.54) is 5.23 Å². The first kappa shape index (κ1) is 20.5. The minimum atomic E-state index is -0.525. The van der Waals surface area contributed by atoms with Crippen LogP contribution >= 0.6 is 23.2 Å². The zero-order valence-corrected chi connectivity index (χ0v) is 17.8. The van der Waals surface area contributed by atoms with E-state index in [0.717, 1.165) is 5.39 Å². The third kappa shape index (κ3) is 3.52. The van der Waals surface area contributed by atoms with Crippen LogP contribution in [0.5, 0.6) is 0 Å². The zero-order valence-electron chi connectivity index (χ0n) is 16.3. The van der Waals surface area contributed by atoms with Gasteiger partial charge in [0.1, 0.15) is 17.5 Å². The second-order valence-corrected chi connectivity index (χ2v) is 8.09. The number of nitrogens with one attached hydrogen (secondary N) is 3. The normalized spacial score (nSPS) is 23.7. The van der Waals surface area contributed by atoms with Crippen LogP contribution in [0, 0.1) is 0 Å². The molecule has 0 saturated carbocycles. The van der Waals surface area contributed by atoms with Crippen molar-refractivity contribution >= 4 is 45.7 Å². The molecule has 0 aliphatic carbocycles. The summed E-state index contributed by atoms with van der Waals surface area (Å²) in [7, 11) is 1.75. The average Bonchev–Trinajstić information content (AvgIpc) is 3.10. The molecule has 12 heteroatoms. The lowest BCUT2D eigenvalue weighted by atomic mass is 10.0. The second kappa shape index (κ2) is 7.92. The van der Waals surface area contributed by atoms with E-state index in [1.54, 1.807) is 29.9 Å². The molecule has 3 aromatic rings. The number of aromatic nitrogens is 2. The zero-order chi connectivity index (χ0) is 21.7. The number of anilines is 1. The van der Waals surface area contributed by atoms with Gasteiger partial charge in [-0.15, -0.1) is 16.8 Å². The van der Waals surface area contributed by atoms with Gasteiger partial charge in [0, 0.05) is 24.5 Å². The molecule has 0 bridgehead atoms. The molecule has 3 heterocycles. The third-order valence-electron chi connectivity index (χ3n) is 5.19. The molecule has 2 fully saturated rings. The molecular weight excluding hydrogens is 445 g/mol. The Hall–Kier alpha value is -2.44. The predicted molar refractivity (Wildman–Crippen MR) is 116 cm³/mol. The van der Waals surface area contributed by atoms with Crippen LogP contribution in [0.15, 0.2) is 36.4 Å². The first-order valence-corrected chi connectivity index (χ1v) is 10.3. The van der Waals surface area contributed by atoms with E-state index in [0.29, 0.717) is 39.6 Å². The van der Waals surface area contributed by atoms with Crippen LogP contribution in [0.25, 0.3) is 22.2 Å². The van der Waals surface area contributed by atoms with Gasteiger partial charge in [0.25, 0.3) is 5.91 Å². The minimum absolute atomic E-state index is 0.248. The summed E-state index contributed by atoms with van der Waals surface area (Å²) in [6.07, 6.45) is -0.751. The quantitative estimate of drug-likeness (QED) is 0.341. The maximum absolute atomic E-state index is 11.9. The van der Waals surface area contributed by atoms with E-state index in [1.807, 2.05) is 18.2 Å². The fourth-order valence-electron chi connectivity index (χ4n) is 3.79. The van der Waals surface area contributed by atoms with Crippen LogP contribution < -0.4 is 27.1 Å². The van der Waals surface area contributed by atoms with Crippen molar-refractivity contribution in [2.24, 2.45) is 12.8 Å². The topological polar surface area (TPSA) is 119 Å². The highest BCUT2D eigenvalue weighted by atomic mass is 35.5. The lowest BCUT2D eigenvalue weighted by Gasteiger charge is -2.42. The smallest absolute Gasteiger partial charge is 0.250 e. The van der Waals surface area contributed by atoms with Gasteiger partial charge in [-0.3, -0.25) is 20.1 Å². The Kier molecular flexibility index (Phi) is 5.22. The molecule has 1 aromatic heterocycles. The van der Waals surface area contributed by atoms with E-state index in [-0.39, 0.29) is 11.7 Å². The van der Waals surface area contributed by atoms with Crippen molar-refractivity contribution < 1.29 is 14.6 Å². The second-order valence-electron chi connectivity index (χ2n) is 7.19. The van der Waals surface area contributed by atoms with Crippen molar-refractivity contribution in [2.75, 3.05) is 11.8 Å². The average molecular weight is 464 g/mol. The highest BCUT2D eigenvalue weighted by molar-refractivity contribution is 6.36. The summed E-state index contributed by atoms with van der Waals surface area (Å²) >= 11 is 12.8. The highest BCUT2D eigenvalue weighted by Crippen LogP contribution is 2.39. The Morgan fingerprint density at radius 3 is 2.90 bits per heavy atom. The molecule has 2 aliphatic rings. The van der Waals surface area contributed by atoms with Crippen molar-refractivity contribution in [3.05, 3.63) is 47.0 Å².